The average molecular weight is 279 g/mol. The van der Waals surface area contributed by atoms with Crippen molar-refractivity contribution in [3.63, 3.8) is 0 Å². The Hall–Kier alpha value is -1.51. The van der Waals surface area contributed by atoms with Crippen LogP contribution in [0.1, 0.15) is 27.6 Å². The van der Waals surface area contributed by atoms with Crippen molar-refractivity contribution in [3.05, 3.63) is 69.2 Å². The van der Waals surface area contributed by atoms with E-state index < -0.39 is 6.10 Å². The van der Waals surface area contributed by atoms with Gasteiger partial charge in [-0.1, -0.05) is 41.4 Å². The lowest BCUT2D eigenvalue weighted by Gasteiger charge is -2.12. The van der Waals surface area contributed by atoms with Gasteiger partial charge in [0.05, 0.1) is 5.56 Å². The van der Waals surface area contributed by atoms with Gasteiger partial charge < -0.3 is 4.74 Å². The standard InChI is InChI=1S/C14H8Cl2O2/c15-9-6-4-8(5-7-9)13-12-10(14(17)18-13)2-1-3-11(12)16/h1-7,13H/t13-/m0/s1. The Kier molecular flexibility index (Phi) is 2.77. The maximum absolute atomic E-state index is 11.8. The summed E-state index contributed by atoms with van der Waals surface area (Å²) in [6, 6.07) is 12.4. The van der Waals surface area contributed by atoms with Crippen LogP contribution in [0.5, 0.6) is 0 Å². The largest absolute Gasteiger partial charge is 0.449 e. The molecule has 0 fully saturated rings. The van der Waals surface area contributed by atoms with Gasteiger partial charge in [-0.05, 0) is 29.8 Å². The van der Waals surface area contributed by atoms with Crippen molar-refractivity contribution in [2.75, 3.05) is 0 Å². The zero-order chi connectivity index (χ0) is 12.7. The Balaban J connectivity index is 2.12. The van der Waals surface area contributed by atoms with E-state index >= 15 is 0 Å². The summed E-state index contributed by atoms with van der Waals surface area (Å²) in [7, 11) is 0. The summed E-state index contributed by atoms with van der Waals surface area (Å²) in [6.07, 6.45) is -0.446. The fourth-order valence-electron chi connectivity index (χ4n) is 2.08. The molecule has 1 aliphatic rings. The summed E-state index contributed by atoms with van der Waals surface area (Å²) < 4.78 is 5.37. The van der Waals surface area contributed by atoms with E-state index in [4.69, 9.17) is 27.9 Å². The number of carbonyl (C=O) groups excluding carboxylic acids is 1. The molecule has 0 saturated carbocycles. The van der Waals surface area contributed by atoms with Crippen molar-refractivity contribution in [2.45, 2.75) is 6.10 Å². The Labute approximate surface area is 114 Å². The van der Waals surface area contributed by atoms with Crippen LogP contribution in [0.15, 0.2) is 42.5 Å². The average Bonchev–Trinajstić information content (AvgIpc) is 2.70. The third kappa shape index (κ3) is 1.78. The van der Waals surface area contributed by atoms with Crippen LogP contribution in [0.4, 0.5) is 0 Å². The van der Waals surface area contributed by atoms with E-state index in [-0.39, 0.29) is 5.97 Å². The van der Waals surface area contributed by atoms with E-state index in [1.54, 1.807) is 30.3 Å². The van der Waals surface area contributed by atoms with Gasteiger partial charge in [-0.3, -0.25) is 0 Å². The smallest absolute Gasteiger partial charge is 0.339 e. The summed E-state index contributed by atoms with van der Waals surface area (Å²) in [4.78, 5) is 11.8. The second kappa shape index (κ2) is 4.30. The highest BCUT2D eigenvalue weighted by Gasteiger charge is 2.33. The molecule has 18 heavy (non-hydrogen) atoms. The molecule has 0 amide bonds. The highest BCUT2D eigenvalue weighted by Crippen LogP contribution is 2.40. The topological polar surface area (TPSA) is 26.3 Å². The van der Waals surface area contributed by atoms with Gasteiger partial charge in [0.2, 0.25) is 0 Å². The highest BCUT2D eigenvalue weighted by atomic mass is 35.5. The molecular formula is C14H8Cl2O2. The molecule has 4 heteroatoms. The lowest BCUT2D eigenvalue weighted by atomic mass is 9.99. The number of hydrogen-bond donors (Lipinski definition) is 0. The van der Waals surface area contributed by atoms with Crippen LogP contribution in [-0.2, 0) is 4.74 Å². The van der Waals surface area contributed by atoms with Gasteiger partial charge >= 0.3 is 5.97 Å². The minimum absolute atomic E-state index is 0.340. The van der Waals surface area contributed by atoms with Crippen LogP contribution < -0.4 is 0 Å². The van der Waals surface area contributed by atoms with E-state index in [9.17, 15) is 4.79 Å². The molecule has 3 rings (SSSR count). The Morgan fingerprint density at radius 2 is 1.72 bits per heavy atom. The lowest BCUT2D eigenvalue weighted by Crippen LogP contribution is -2.00. The first-order valence-electron chi connectivity index (χ1n) is 5.41. The van der Waals surface area contributed by atoms with Crippen LogP contribution in [-0.4, -0.2) is 5.97 Å². The van der Waals surface area contributed by atoms with Gasteiger partial charge in [-0.15, -0.1) is 0 Å². The van der Waals surface area contributed by atoms with Crippen molar-refractivity contribution >= 4 is 29.2 Å². The zero-order valence-electron chi connectivity index (χ0n) is 9.19. The SMILES string of the molecule is O=C1O[C@@H](c2ccc(Cl)cc2)c2c(Cl)cccc21. The van der Waals surface area contributed by atoms with E-state index in [1.807, 2.05) is 12.1 Å². The second-order valence-electron chi connectivity index (χ2n) is 4.04. The molecule has 0 radical (unpaired) electrons. The Morgan fingerprint density at radius 3 is 2.44 bits per heavy atom. The summed E-state index contributed by atoms with van der Waals surface area (Å²) in [5.41, 5.74) is 2.12. The maximum atomic E-state index is 11.8. The zero-order valence-corrected chi connectivity index (χ0v) is 10.7. The molecule has 0 N–H and O–H groups in total. The fraction of sp³-hybridized carbons (Fsp3) is 0.0714. The van der Waals surface area contributed by atoms with Crippen LogP contribution in [0.25, 0.3) is 0 Å². The number of esters is 1. The predicted octanol–water partition coefficient (Wildman–Crippen LogP) is 4.25. The number of halogens is 2. The van der Waals surface area contributed by atoms with Crippen LogP contribution in [0.3, 0.4) is 0 Å². The number of benzene rings is 2. The molecular weight excluding hydrogens is 271 g/mol. The Bertz CT molecular complexity index is 620. The predicted molar refractivity (Wildman–Crippen MR) is 70.2 cm³/mol. The number of carbonyl (C=O) groups is 1. The van der Waals surface area contributed by atoms with Crippen LogP contribution >= 0.6 is 23.2 Å². The van der Waals surface area contributed by atoms with E-state index in [2.05, 4.69) is 0 Å². The van der Waals surface area contributed by atoms with Crippen molar-refractivity contribution in [1.82, 2.24) is 0 Å². The molecule has 0 saturated heterocycles. The fourth-order valence-corrected chi connectivity index (χ4v) is 2.48. The normalized spacial score (nSPS) is 17.4. The minimum Gasteiger partial charge on any atom is -0.449 e. The van der Waals surface area contributed by atoms with Crippen molar-refractivity contribution < 1.29 is 9.53 Å². The molecule has 0 aliphatic carbocycles. The summed E-state index contributed by atoms with van der Waals surface area (Å²) in [5.74, 6) is -0.340. The van der Waals surface area contributed by atoms with Crippen molar-refractivity contribution in [3.8, 4) is 0 Å². The van der Waals surface area contributed by atoms with E-state index in [0.29, 0.717) is 15.6 Å². The van der Waals surface area contributed by atoms with Gasteiger partial charge in [-0.2, -0.15) is 0 Å². The molecule has 1 atom stereocenters. The minimum atomic E-state index is -0.446. The van der Waals surface area contributed by atoms with Crippen molar-refractivity contribution in [1.29, 1.82) is 0 Å². The van der Waals surface area contributed by atoms with E-state index in [0.717, 1.165) is 11.1 Å². The number of ether oxygens (including phenoxy) is 1. The van der Waals surface area contributed by atoms with Gasteiger partial charge in [0.1, 0.15) is 0 Å². The van der Waals surface area contributed by atoms with Gasteiger partial charge in [0.25, 0.3) is 0 Å². The molecule has 2 aromatic rings. The summed E-state index contributed by atoms with van der Waals surface area (Å²) in [5, 5.41) is 1.18. The molecule has 2 nitrogen and oxygen atoms in total. The monoisotopic (exact) mass is 278 g/mol. The first kappa shape index (κ1) is 11.6. The molecule has 1 aliphatic heterocycles. The number of hydrogen-bond acceptors (Lipinski definition) is 2. The number of rotatable bonds is 1. The van der Waals surface area contributed by atoms with Gasteiger partial charge in [0.15, 0.2) is 6.10 Å². The Morgan fingerprint density at radius 1 is 1.00 bits per heavy atom. The third-order valence-electron chi connectivity index (χ3n) is 2.93. The van der Waals surface area contributed by atoms with Crippen molar-refractivity contribution in [2.24, 2.45) is 0 Å². The lowest BCUT2D eigenvalue weighted by molar-refractivity contribution is 0.0456. The summed E-state index contributed by atoms with van der Waals surface area (Å²) >= 11 is 12.0. The molecule has 0 aromatic heterocycles. The first-order chi connectivity index (χ1) is 8.66. The first-order valence-corrected chi connectivity index (χ1v) is 6.17. The molecule has 1 heterocycles. The van der Waals surface area contributed by atoms with Gasteiger partial charge in [0, 0.05) is 15.6 Å². The third-order valence-corrected chi connectivity index (χ3v) is 3.51. The van der Waals surface area contributed by atoms with Crippen LogP contribution in [0.2, 0.25) is 10.0 Å². The molecule has 2 aromatic carbocycles. The highest BCUT2D eigenvalue weighted by molar-refractivity contribution is 6.32. The molecule has 0 bridgehead atoms. The number of cyclic esters (lactones) is 1. The van der Waals surface area contributed by atoms with Crippen LogP contribution in [0, 0.1) is 0 Å². The molecule has 0 spiro atoms. The van der Waals surface area contributed by atoms with Gasteiger partial charge in [-0.25, -0.2) is 4.79 Å². The summed E-state index contributed by atoms with van der Waals surface area (Å²) in [6.45, 7) is 0. The quantitative estimate of drug-likeness (QED) is 0.729. The number of fused-ring (bicyclic) bond motifs is 1. The van der Waals surface area contributed by atoms with E-state index in [1.165, 1.54) is 0 Å². The molecule has 90 valence electrons. The molecule has 0 unspecified atom stereocenters. The maximum Gasteiger partial charge on any atom is 0.339 e. The second-order valence-corrected chi connectivity index (χ2v) is 4.88.